The van der Waals surface area contributed by atoms with Crippen LogP contribution in [0.4, 0.5) is 0 Å². The number of rotatable bonds is 1. The van der Waals surface area contributed by atoms with Crippen molar-refractivity contribution in [2.24, 2.45) is 0 Å². The second kappa shape index (κ2) is 5.92. The topological polar surface area (TPSA) is 17.1 Å². The van der Waals surface area contributed by atoms with E-state index >= 15 is 0 Å². The number of halogens is 3. The van der Waals surface area contributed by atoms with Gasteiger partial charge in [-0.1, -0.05) is 15.9 Å². The van der Waals surface area contributed by atoms with Gasteiger partial charge in [0.1, 0.15) is 0 Å². The second-order valence-corrected chi connectivity index (χ2v) is 1.93. The molecule has 0 bridgehead atoms. The molecule has 6 heavy (non-hydrogen) atoms. The minimum Gasteiger partial charge on any atom is -0.286 e. The van der Waals surface area contributed by atoms with E-state index in [2.05, 4.69) is 31.9 Å². The number of alkyl halides is 1. The van der Waals surface area contributed by atoms with E-state index in [0.717, 1.165) is 0 Å². The zero-order valence-corrected chi connectivity index (χ0v) is 6.77. The van der Waals surface area contributed by atoms with Crippen LogP contribution in [0.5, 0.6) is 0 Å². The molecule has 0 spiro atoms. The summed E-state index contributed by atoms with van der Waals surface area (Å²) in [6.45, 7) is 0. The summed E-state index contributed by atoms with van der Waals surface area (Å²) in [7, 11) is 0. The molecule has 0 unspecified atom stereocenters. The molecular weight excluding hydrogens is 235 g/mol. The van der Waals surface area contributed by atoms with Crippen LogP contribution in [0.3, 0.4) is 0 Å². The molecule has 0 saturated heterocycles. The average molecular weight is 238 g/mol. The van der Waals surface area contributed by atoms with E-state index in [0.29, 0.717) is 5.33 Å². The molecule has 0 amide bonds. The molecule has 0 aromatic carbocycles. The largest absolute Gasteiger partial charge is 0.286 e. The molecule has 0 aliphatic carbocycles. The first-order chi connectivity index (χ1) is 2.27. The Bertz CT molecular complexity index is 46.8. The van der Waals surface area contributed by atoms with Crippen LogP contribution >= 0.6 is 44.3 Å². The van der Waals surface area contributed by atoms with Crippen molar-refractivity contribution >= 4 is 49.0 Å². The summed E-state index contributed by atoms with van der Waals surface area (Å²) in [4.78, 5) is 9.68. The van der Waals surface area contributed by atoms with Gasteiger partial charge in [-0.25, -0.2) is 0 Å². The van der Waals surface area contributed by atoms with Gasteiger partial charge < -0.3 is 0 Å². The Morgan fingerprint density at radius 1 is 1.67 bits per heavy atom. The molecule has 0 aliphatic heterocycles. The second-order valence-electron chi connectivity index (χ2n) is 0.489. The summed E-state index contributed by atoms with van der Waals surface area (Å²) in [5.41, 5.74) is 0. The molecule has 0 heterocycles. The first kappa shape index (κ1) is 10.0. The van der Waals surface area contributed by atoms with Crippen molar-refractivity contribution in [2.45, 2.75) is 0 Å². The van der Waals surface area contributed by atoms with Crippen molar-refractivity contribution in [2.75, 3.05) is 5.33 Å². The predicted molar refractivity (Wildman–Crippen MR) is 35.0 cm³/mol. The maximum atomic E-state index is 9.68. The Kier molecular flexibility index (Phi) is 9.89. The first-order valence-corrected chi connectivity index (χ1v) is 2.93. The van der Waals surface area contributed by atoms with E-state index in [4.69, 9.17) is 0 Å². The molecule has 0 fully saturated rings. The van der Waals surface area contributed by atoms with Gasteiger partial charge in [-0.05, 0) is 15.9 Å². The number of carbonyl (C=O) groups is 1. The Labute approximate surface area is 59.2 Å². The van der Waals surface area contributed by atoms with Crippen LogP contribution < -0.4 is 0 Å². The maximum Gasteiger partial charge on any atom is 0.208 e. The van der Waals surface area contributed by atoms with E-state index in [9.17, 15) is 4.79 Å². The molecule has 38 valence electrons. The molecule has 0 rings (SSSR count). The highest BCUT2D eigenvalue weighted by Crippen LogP contribution is 1.87. The van der Waals surface area contributed by atoms with Gasteiger partial charge in [0.25, 0.3) is 0 Å². The lowest BCUT2D eigenvalue weighted by Crippen LogP contribution is -1.79. The summed E-state index contributed by atoms with van der Waals surface area (Å²) < 4.78 is -0.0162. The molecule has 1 nitrogen and oxygen atoms in total. The summed E-state index contributed by atoms with van der Waals surface area (Å²) in [6.07, 6.45) is 0. The minimum absolute atomic E-state index is 0. The molecule has 4 heteroatoms. The minimum atomic E-state index is -0.0162. The molecule has 0 aromatic rings. The summed E-state index contributed by atoms with van der Waals surface area (Å²) in [5.74, 6) is 0. The highest BCUT2D eigenvalue weighted by atomic mass is 79.9. The summed E-state index contributed by atoms with van der Waals surface area (Å²) in [6, 6.07) is 0. The van der Waals surface area contributed by atoms with Gasteiger partial charge in [-0.2, -0.15) is 0 Å². The summed E-state index contributed by atoms with van der Waals surface area (Å²) in [5, 5.41) is 0.396. The van der Waals surface area contributed by atoms with Crippen molar-refractivity contribution in [1.29, 1.82) is 0 Å². The molecule has 0 aromatic heterocycles. The average Bonchev–Trinajstić information content (AvgIpc) is 1.38. The predicted octanol–water partition coefficient (Wildman–Crippen LogP) is 1.72. The highest BCUT2D eigenvalue weighted by Gasteiger charge is 1.82. The Balaban J connectivity index is 0. The SMILES string of the molecule is Cl.O=C(Br)CBr. The van der Waals surface area contributed by atoms with Crippen LogP contribution in [-0.4, -0.2) is 10.0 Å². The van der Waals surface area contributed by atoms with Crippen molar-refractivity contribution in [3.05, 3.63) is 0 Å². The molecule has 0 aliphatic rings. The van der Waals surface area contributed by atoms with Crippen LogP contribution in [0, 0.1) is 0 Å². The molecule has 0 atom stereocenters. The molecular formula is C2H3Br2ClO. The van der Waals surface area contributed by atoms with Gasteiger partial charge in [0, 0.05) is 0 Å². The van der Waals surface area contributed by atoms with Crippen molar-refractivity contribution in [3.63, 3.8) is 0 Å². The van der Waals surface area contributed by atoms with Gasteiger partial charge in [-0.15, -0.1) is 12.4 Å². The molecule has 0 N–H and O–H groups in total. The zero-order valence-electron chi connectivity index (χ0n) is 2.78. The molecule has 0 radical (unpaired) electrons. The van der Waals surface area contributed by atoms with Crippen molar-refractivity contribution in [3.8, 4) is 0 Å². The van der Waals surface area contributed by atoms with E-state index < -0.39 is 0 Å². The van der Waals surface area contributed by atoms with Crippen LogP contribution in [0.15, 0.2) is 0 Å². The van der Waals surface area contributed by atoms with E-state index in [1.165, 1.54) is 0 Å². The first-order valence-electron chi connectivity index (χ1n) is 1.01. The number of hydrogen-bond donors (Lipinski definition) is 0. The van der Waals surface area contributed by atoms with E-state index in [-0.39, 0.29) is 17.1 Å². The lowest BCUT2D eigenvalue weighted by Gasteiger charge is -1.66. The Hall–Kier alpha value is 0.920. The monoisotopic (exact) mass is 236 g/mol. The van der Waals surface area contributed by atoms with Crippen molar-refractivity contribution < 1.29 is 4.79 Å². The van der Waals surface area contributed by atoms with Gasteiger partial charge in [0.05, 0.1) is 5.33 Å². The number of carbonyl (C=O) groups excluding carboxylic acids is 1. The Morgan fingerprint density at radius 2 is 1.83 bits per heavy atom. The van der Waals surface area contributed by atoms with E-state index in [1.807, 2.05) is 0 Å². The van der Waals surface area contributed by atoms with Gasteiger partial charge >= 0.3 is 0 Å². The van der Waals surface area contributed by atoms with Gasteiger partial charge in [0.2, 0.25) is 4.69 Å². The van der Waals surface area contributed by atoms with Gasteiger partial charge in [-0.3, -0.25) is 4.79 Å². The van der Waals surface area contributed by atoms with Crippen LogP contribution in [-0.2, 0) is 4.79 Å². The fraction of sp³-hybridized carbons (Fsp3) is 0.500. The smallest absolute Gasteiger partial charge is 0.208 e. The maximum absolute atomic E-state index is 9.68. The molecule has 0 saturated carbocycles. The fourth-order valence-electron chi connectivity index (χ4n) is 0. The van der Waals surface area contributed by atoms with Crippen LogP contribution in [0.25, 0.3) is 0 Å². The zero-order chi connectivity index (χ0) is 4.28. The van der Waals surface area contributed by atoms with Crippen molar-refractivity contribution in [1.82, 2.24) is 0 Å². The van der Waals surface area contributed by atoms with Crippen LogP contribution in [0.2, 0.25) is 0 Å². The normalized spacial score (nSPS) is 6.33. The fourth-order valence-corrected chi connectivity index (χ4v) is 0. The third-order valence-electron chi connectivity index (χ3n) is 0.105. The highest BCUT2D eigenvalue weighted by molar-refractivity contribution is 9.19. The third-order valence-corrected chi connectivity index (χ3v) is 1.65. The summed E-state index contributed by atoms with van der Waals surface area (Å²) >= 11 is 5.60. The van der Waals surface area contributed by atoms with Gasteiger partial charge in [0.15, 0.2) is 0 Å². The van der Waals surface area contributed by atoms with Crippen LogP contribution in [0.1, 0.15) is 0 Å². The number of hydrogen-bond acceptors (Lipinski definition) is 1. The standard InChI is InChI=1S/C2H2Br2O.ClH/c3-1-2(4)5;/h1H2;1H. The Morgan fingerprint density at radius 3 is 1.83 bits per heavy atom. The third kappa shape index (κ3) is 8.87. The van der Waals surface area contributed by atoms with E-state index in [1.54, 1.807) is 0 Å². The lowest BCUT2D eigenvalue weighted by molar-refractivity contribution is -0.108. The quantitative estimate of drug-likeness (QED) is 0.502. The lowest BCUT2D eigenvalue weighted by atomic mass is 10.9.